The second-order valence-corrected chi connectivity index (χ2v) is 7.42. The summed E-state index contributed by atoms with van der Waals surface area (Å²) in [6, 6.07) is 14.1. The summed E-state index contributed by atoms with van der Waals surface area (Å²) in [5.41, 5.74) is 2.13. The number of pyridine rings is 1. The Bertz CT molecular complexity index is 741. The lowest BCUT2D eigenvalue weighted by Gasteiger charge is -2.28. The van der Waals surface area contributed by atoms with Crippen molar-refractivity contribution in [2.45, 2.75) is 39.3 Å². The van der Waals surface area contributed by atoms with E-state index in [-0.39, 0.29) is 12.1 Å². The summed E-state index contributed by atoms with van der Waals surface area (Å²) in [6.45, 7) is 8.01. The van der Waals surface area contributed by atoms with E-state index in [9.17, 15) is 4.79 Å². The molecule has 29 heavy (non-hydrogen) atoms. The van der Waals surface area contributed by atoms with Gasteiger partial charge >= 0.3 is 6.03 Å². The fourth-order valence-corrected chi connectivity index (χ4v) is 3.77. The summed E-state index contributed by atoms with van der Waals surface area (Å²) in [6.07, 6.45) is 3.87. The molecule has 1 fully saturated rings. The van der Waals surface area contributed by atoms with Gasteiger partial charge in [-0.05, 0) is 23.1 Å². The van der Waals surface area contributed by atoms with Crippen molar-refractivity contribution in [3.8, 4) is 0 Å². The fraction of sp³-hybridized carbons (Fsp3) is 0.478. The van der Waals surface area contributed by atoms with Crippen LogP contribution in [0.2, 0.25) is 0 Å². The van der Waals surface area contributed by atoms with Crippen molar-refractivity contribution >= 4 is 11.8 Å². The van der Waals surface area contributed by atoms with E-state index in [1.54, 1.807) is 0 Å². The van der Waals surface area contributed by atoms with Gasteiger partial charge in [-0.15, -0.1) is 0 Å². The standard InChI is InChI=1S/C23H32N4O2/c1-3-19(4-2)22(20-8-6-5-7-9-20)26-23(28)25-17-18-10-11-21(24-16-18)27-12-14-29-15-13-27/h5-11,16,19,22H,3-4,12-15,17H2,1-2H3,(H2,25,26,28)/t22-/m1/s1. The molecule has 2 heterocycles. The molecule has 0 bridgehead atoms. The van der Waals surface area contributed by atoms with Crippen LogP contribution in [0.5, 0.6) is 0 Å². The summed E-state index contributed by atoms with van der Waals surface area (Å²) in [5.74, 6) is 1.36. The minimum absolute atomic E-state index is 0.00743. The van der Waals surface area contributed by atoms with Crippen molar-refractivity contribution < 1.29 is 9.53 Å². The quantitative estimate of drug-likeness (QED) is 0.710. The maximum absolute atomic E-state index is 12.6. The number of nitrogens with one attached hydrogen (secondary N) is 2. The number of aromatic nitrogens is 1. The average molecular weight is 397 g/mol. The number of carbonyl (C=O) groups excluding carboxylic acids is 1. The van der Waals surface area contributed by atoms with Gasteiger partial charge in [-0.1, -0.05) is 63.1 Å². The molecule has 2 aromatic rings. The molecule has 156 valence electrons. The summed E-state index contributed by atoms with van der Waals surface area (Å²) in [4.78, 5) is 19.3. The number of benzene rings is 1. The highest BCUT2D eigenvalue weighted by atomic mass is 16.5. The molecule has 1 aromatic heterocycles. The fourth-order valence-electron chi connectivity index (χ4n) is 3.77. The van der Waals surface area contributed by atoms with Gasteiger partial charge in [0.05, 0.1) is 19.3 Å². The van der Waals surface area contributed by atoms with Crippen LogP contribution < -0.4 is 15.5 Å². The monoisotopic (exact) mass is 396 g/mol. The summed E-state index contributed by atoms with van der Waals surface area (Å²) in [7, 11) is 0. The molecule has 6 heteroatoms. The first kappa shape index (κ1) is 21.1. The first-order valence-electron chi connectivity index (χ1n) is 10.6. The second kappa shape index (κ2) is 10.8. The van der Waals surface area contributed by atoms with Crippen LogP contribution >= 0.6 is 0 Å². The number of nitrogens with zero attached hydrogens (tertiary/aromatic N) is 2. The lowest BCUT2D eigenvalue weighted by molar-refractivity contribution is 0.122. The zero-order chi connectivity index (χ0) is 20.5. The predicted molar refractivity (Wildman–Crippen MR) is 116 cm³/mol. The Morgan fingerprint density at radius 1 is 1.10 bits per heavy atom. The molecule has 0 radical (unpaired) electrons. The highest BCUT2D eigenvalue weighted by Crippen LogP contribution is 2.27. The molecule has 0 unspecified atom stereocenters. The normalized spacial score (nSPS) is 15.2. The van der Waals surface area contributed by atoms with E-state index in [0.29, 0.717) is 12.5 Å². The van der Waals surface area contributed by atoms with Crippen LogP contribution in [-0.4, -0.2) is 37.3 Å². The molecule has 6 nitrogen and oxygen atoms in total. The van der Waals surface area contributed by atoms with Crippen LogP contribution in [0.15, 0.2) is 48.7 Å². The number of morpholine rings is 1. The molecule has 1 atom stereocenters. The lowest BCUT2D eigenvalue weighted by atomic mass is 9.89. The van der Waals surface area contributed by atoms with Crippen LogP contribution in [0.4, 0.5) is 10.6 Å². The molecule has 2 amide bonds. The number of urea groups is 1. The molecule has 1 aliphatic heterocycles. The van der Waals surface area contributed by atoms with Crippen molar-refractivity contribution in [2.75, 3.05) is 31.2 Å². The number of hydrogen-bond donors (Lipinski definition) is 2. The summed E-state index contributed by atoms with van der Waals surface area (Å²) >= 11 is 0. The van der Waals surface area contributed by atoms with Crippen molar-refractivity contribution in [1.29, 1.82) is 0 Å². The molecule has 1 aliphatic rings. The Morgan fingerprint density at radius 2 is 1.83 bits per heavy atom. The summed E-state index contributed by atoms with van der Waals surface area (Å²) in [5, 5.41) is 6.15. The van der Waals surface area contributed by atoms with Crippen molar-refractivity contribution in [3.63, 3.8) is 0 Å². The number of amides is 2. The number of ether oxygens (including phenoxy) is 1. The van der Waals surface area contributed by atoms with E-state index in [1.807, 2.05) is 36.5 Å². The number of rotatable bonds is 8. The lowest BCUT2D eigenvalue weighted by Crippen LogP contribution is -2.40. The van der Waals surface area contributed by atoms with Gasteiger partial charge in [0.25, 0.3) is 0 Å². The molecule has 1 aromatic carbocycles. The smallest absolute Gasteiger partial charge is 0.315 e. The van der Waals surface area contributed by atoms with Gasteiger partial charge < -0.3 is 20.3 Å². The molecular formula is C23H32N4O2. The maximum Gasteiger partial charge on any atom is 0.315 e. The molecule has 0 aliphatic carbocycles. The third-order valence-electron chi connectivity index (χ3n) is 5.56. The van der Waals surface area contributed by atoms with Crippen molar-refractivity contribution in [1.82, 2.24) is 15.6 Å². The van der Waals surface area contributed by atoms with Gasteiger partial charge in [-0.2, -0.15) is 0 Å². The number of carbonyl (C=O) groups is 1. The van der Waals surface area contributed by atoms with Gasteiger partial charge in [0.15, 0.2) is 0 Å². The predicted octanol–water partition coefficient (Wildman–Crippen LogP) is 3.89. The van der Waals surface area contributed by atoms with Crippen LogP contribution in [-0.2, 0) is 11.3 Å². The molecule has 2 N–H and O–H groups in total. The van der Waals surface area contributed by atoms with E-state index < -0.39 is 0 Å². The Kier molecular flexibility index (Phi) is 7.87. The van der Waals surface area contributed by atoms with E-state index in [0.717, 1.165) is 56.1 Å². The Labute approximate surface area is 173 Å². The molecule has 0 saturated carbocycles. The minimum Gasteiger partial charge on any atom is -0.378 e. The van der Waals surface area contributed by atoms with Gasteiger partial charge in [-0.25, -0.2) is 9.78 Å². The number of anilines is 1. The van der Waals surface area contributed by atoms with E-state index in [2.05, 4.69) is 46.5 Å². The van der Waals surface area contributed by atoms with Crippen molar-refractivity contribution in [3.05, 3.63) is 59.8 Å². The van der Waals surface area contributed by atoms with E-state index in [4.69, 9.17) is 4.74 Å². The zero-order valence-electron chi connectivity index (χ0n) is 17.4. The highest BCUT2D eigenvalue weighted by Gasteiger charge is 2.22. The Morgan fingerprint density at radius 3 is 2.45 bits per heavy atom. The van der Waals surface area contributed by atoms with E-state index in [1.165, 1.54) is 0 Å². The molecular weight excluding hydrogens is 364 g/mol. The Hall–Kier alpha value is -2.60. The summed E-state index contributed by atoms with van der Waals surface area (Å²) < 4.78 is 5.38. The van der Waals surface area contributed by atoms with Gasteiger partial charge in [0, 0.05) is 25.8 Å². The first-order chi connectivity index (χ1) is 14.2. The SMILES string of the molecule is CCC(CC)[C@@H](NC(=O)NCc1ccc(N2CCOCC2)nc1)c1ccccc1. The molecule has 3 rings (SSSR count). The zero-order valence-corrected chi connectivity index (χ0v) is 17.4. The third-order valence-corrected chi connectivity index (χ3v) is 5.56. The average Bonchev–Trinajstić information content (AvgIpc) is 2.79. The highest BCUT2D eigenvalue weighted by molar-refractivity contribution is 5.74. The van der Waals surface area contributed by atoms with E-state index >= 15 is 0 Å². The second-order valence-electron chi connectivity index (χ2n) is 7.42. The van der Waals surface area contributed by atoms with Crippen LogP contribution in [0.1, 0.15) is 43.9 Å². The van der Waals surface area contributed by atoms with Gasteiger partial charge in [0.1, 0.15) is 5.82 Å². The Balaban J connectivity index is 1.56. The largest absolute Gasteiger partial charge is 0.378 e. The maximum atomic E-state index is 12.6. The van der Waals surface area contributed by atoms with Gasteiger partial charge in [0.2, 0.25) is 0 Å². The topological polar surface area (TPSA) is 66.5 Å². The van der Waals surface area contributed by atoms with Crippen LogP contribution in [0.3, 0.4) is 0 Å². The molecule has 1 saturated heterocycles. The molecule has 0 spiro atoms. The van der Waals surface area contributed by atoms with Crippen LogP contribution in [0.25, 0.3) is 0 Å². The third kappa shape index (κ3) is 5.94. The van der Waals surface area contributed by atoms with Crippen molar-refractivity contribution in [2.24, 2.45) is 5.92 Å². The number of hydrogen-bond acceptors (Lipinski definition) is 4. The first-order valence-corrected chi connectivity index (χ1v) is 10.6. The van der Waals surface area contributed by atoms with Gasteiger partial charge in [-0.3, -0.25) is 0 Å². The minimum atomic E-state index is -0.150. The van der Waals surface area contributed by atoms with Crippen LogP contribution in [0, 0.1) is 5.92 Å².